The molecule has 3 heterocycles. The Bertz CT molecular complexity index is 1050. The average molecular weight is 421 g/mol. The van der Waals surface area contributed by atoms with Crippen molar-refractivity contribution in [3.8, 4) is 10.6 Å². The van der Waals surface area contributed by atoms with E-state index in [1.807, 2.05) is 12.1 Å². The lowest BCUT2D eigenvalue weighted by molar-refractivity contribution is -0.0727. The van der Waals surface area contributed by atoms with E-state index < -0.39 is 0 Å². The van der Waals surface area contributed by atoms with E-state index in [4.69, 9.17) is 0 Å². The SMILES string of the molecule is CCC(NC(=O)c1cnn2c(-c3cccs3)ccnc12)C12CC3CC(CC(C3)C1)C2. The molecular formula is C24H28N4OS. The predicted octanol–water partition coefficient (Wildman–Crippen LogP) is 5.18. The molecule has 4 bridgehead atoms. The van der Waals surface area contributed by atoms with Crippen LogP contribution >= 0.6 is 11.3 Å². The van der Waals surface area contributed by atoms with Crippen LogP contribution in [0.3, 0.4) is 0 Å². The van der Waals surface area contributed by atoms with Crippen molar-refractivity contribution >= 4 is 22.9 Å². The molecule has 30 heavy (non-hydrogen) atoms. The van der Waals surface area contributed by atoms with Crippen molar-refractivity contribution in [3.05, 3.63) is 41.5 Å². The minimum absolute atomic E-state index is 0.0246. The summed E-state index contributed by atoms with van der Waals surface area (Å²) in [7, 11) is 0. The standard InChI is InChI=1S/C24H28N4OS/c1-2-21(24-11-15-8-16(12-24)10-17(9-15)13-24)27-23(29)18-14-26-28-19(5-6-25-22(18)28)20-4-3-7-30-20/h3-7,14-17,21H,2,8-13H2,1H3,(H,27,29). The van der Waals surface area contributed by atoms with Crippen LogP contribution in [0, 0.1) is 23.2 Å². The van der Waals surface area contributed by atoms with Crippen molar-refractivity contribution in [2.45, 2.75) is 57.9 Å². The van der Waals surface area contributed by atoms with Gasteiger partial charge in [-0.25, -0.2) is 9.50 Å². The molecule has 1 amide bonds. The number of nitrogens with one attached hydrogen (secondary N) is 1. The van der Waals surface area contributed by atoms with Gasteiger partial charge in [0, 0.05) is 12.2 Å². The fraction of sp³-hybridized carbons (Fsp3) is 0.542. The third-order valence-electron chi connectivity index (χ3n) is 7.96. The van der Waals surface area contributed by atoms with Crippen LogP contribution in [0.5, 0.6) is 0 Å². The summed E-state index contributed by atoms with van der Waals surface area (Å²) in [5.74, 6) is 2.63. The van der Waals surface area contributed by atoms with Crippen molar-refractivity contribution in [1.29, 1.82) is 0 Å². The molecule has 0 saturated heterocycles. The molecule has 4 saturated carbocycles. The van der Waals surface area contributed by atoms with E-state index in [9.17, 15) is 4.79 Å². The smallest absolute Gasteiger partial charge is 0.257 e. The quantitative estimate of drug-likeness (QED) is 0.618. The Hall–Kier alpha value is -2.21. The third kappa shape index (κ3) is 2.83. The summed E-state index contributed by atoms with van der Waals surface area (Å²) in [5, 5.41) is 10.0. The minimum atomic E-state index is -0.0246. The topological polar surface area (TPSA) is 59.3 Å². The first-order valence-electron chi connectivity index (χ1n) is 11.3. The third-order valence-corrected chi connectivity index (χ3v) is 8.85. The Morgan fingerprint density at radius 2 is 1.97 bits per heavy atom. The summed E-state index contributed by atoms with van der Waals surface area (Å²) < 4.78 is 1.80. The van der Waals surface area contributed by atoms with Gasteiger partial charge in [-0.05, 0) is 85.6 Å². The highest BCUT2D eigenvalue weighted by Crippen LogP contribution is 2.61. The van der Waals surface area contributed by atoms with Crippen LogP contribution in [0.15, 0.2) is 36.0 Å². The van der Waals surface area contributed by atoms with Gasteiger partial charge in [-0.1, -0.05) is 13.0 Å². The van der Waals surface area contributed by atoms with E-state index in [-0.39, 0.29) is 11.9 Å². The highest BCUT2D eigenvalue weighted by atomic mass is 32.1. The van der Waals surface area contributed by atoms with Crippen molar-refractivity contribution in [2.24, 2.45) is 23.2 Å². The molecule has 0 aliphatic heterocycles. The number of amides is 1. The Morgan fingerprint density at radius 1 is 1.23 bits per heavy atom. The molecule has 156 valence electrons. The van der Waals surface area contributed by atoms with E-state index >= 15 is 0 Å². The monoisotopic (exact) mass is 420 g/mol. The fourth-order valence-electron chi connectivity index (χ4n) is 7.19. The second kappa shape index (κ2) is 6.91. The van der Waals surface area contributed by atoms with Crippen LogP contribution in [0.25, 0.3) is 16.2 Å². The maximum atomic E-state index is 13.4. The molecule has 5 nitrogen and oxygen atoms in total. The lowest BCUT2D eigenvalue weighted by Gasteiger charge is -2.59. The number of carbonyl (C=O) groups is 1. The number of aromatic nitrogens is 3. The van der Waals surface area contributed by atoms with E-state index in [2.05, 4.69) is 33.8 Å². The molecule has 0 aromatic carbocycles. The van der Waals surface area contributed by atoms with Crippen molar-refractivity contribution in [1.82, 2.24) is 19.9 Å². The lowest BCUT2D eigenvalue weighted by Crippen LogP contribution is -2.56. The summed E-state index contributed by atoms with van der Waals surface area (Å²) in [4.78, 5) is 19.0. The number of hydrogen-bond donors (Lipinski definition) is 1. The first-order chi connectivity index (χ1) is 14.6. The molecule has 0 radical (unpaired) electrons. The van der Waals surface area contributed by atoms with E-state index in [1.165, 1.54) is 38.5 Å². The van der Waals surface area contributed by atoms with Gasteiger partial charge >= 0.3 is 0 Å². The maximum Gasteiger partial charge on any atom is 0.257 e. The Morgan fingerprint density at radius 3 is 2.60 bits per heavy atom. The number of rotatable bonds is 5. The molecule has 3 aromatic heterocycles. The molecule has 1 N–H and O–H groups in total. The zero-order chi connectivity index (χ0) is 20.3. The molecule has 6 heteroatoms. The van der Waals surface area contributed by atoms with Gasteiger partial charge in [0.25, 0.3) is 5.91 Å². The fourth-order valence-corrected chi connectivity index (χ4v) is 7.93. The molecule has 1 atom stereocenters. The first kappa shape index (κ1) is 18.6. The van der Waals surface area contributed by atoms with Gasteiger partial charge < -0.3 is 5.32 Å². The van der Waals surface area contributed by atoms with Crippen LogP contribution in [0.1, 0.15) is 62.2 Å². The summed E-state index contributed by atoms with van der Waals surface area (Å²) in [5.41, 5.74) is 2.50. The van der Waals surface area contributed by atoms with Gasteiger partial charge in [0.1, 0.15) is 5.56 Å². The second-order valence-electron chi connectivity index (χ2n) is 9.82. The molecule has 0 spiro atoms. The van der Waals surface area contributed by atoms with E-state index in [0.717, 1.165) is 34.7 Å². The van der Waals surface area contributed by atoms with Crippen molar-refractivity contribution in [3.63, 3.8) is 0 Å². The minimum Gasteiger partial charge on any atom is -0.349 e. The molecule has 4 aliphatic carbocycles. The number of thiophene rings is 1. The van der Waals surface area contributed by atoms with Crippen LogP contribution in [-0.2, 0) is 0 Å². The van der Waals surface area contributed by atoms with Gasteiger partial charge in [0.15, 0.2) is 5.65 Å². The zero-order valence-corrected chi connectivity index (χ0v) is 18.2. The Labute approximate surface area is 180 Å². The largest absolute Gasteiger partial charge is 0.349 e. The number of fused-ring (bicyclic) bond motifs is 1. The average Bonchev–Trinajstić information content (AvgIpc) is 3.40. The summed E-state index contributed by atoms with van der Waals surface area (Å²) >= 11 is 1.67. The molecule has 4 fully saturated rings. The maximum absolute atomic E-state index is 13.4. The summed E-state index contributed by atoms with van der Waals surface area (Å²) in [6.45, 7) is 2.23. The predicted molar refractivity (Wildman–Crippen MR) is 118 cm³/mol. The Kier molecular flexibility index (Phi) is 4.27. The van der Waals surface area contributed by atoms with Crippen molar-refractivity contribution in [2.75, 3.05) is 0 Å². The second-order valence-corrected chi connectivity index (χ2v) is 10.8. The molecular weight excluding hydrogens is 392 g/mol. The molecule has 1 unspecified atom stereocenters. The van der Waals surface area contributed by atoms with E-state index in [0.29, 0.717) is 16.6 Å². The van der Waals surface area contributed by atoms with E-state index in [1.54, 1.807) is 28.2 Å². The van der Waals surface area contributed by atoms with Gasteiger partial charge in [-0.3, -0.25) is 4.79 Å². The van der Waals surface area contributed by atoms with Crippen LogP contribution < -0.4 is 5.32 Å². The van der Waals surface area contributed by atoms with Gasteiger partial charge in [-0.2, -0.15) is 5.10 Å². The summed E-state index contributed by atoms with van der Waals surface area (Å²) in [6.07, 6.45) is 12.6. The molecule has 4 aliphatic rings. The normalized spacial score (nSPS) is 30.6. The zero-order valence-electron chi connectivity index (χ0n) is 17.4. The van der Waals surface area contributed by atoms with Crippen LogP contribution in [0.2, 0.25) is 0 Å². The number of hydrogen-bond acceptors (Lipinski definition) is 4. The van der Waals surface area contributed by atoms with Gasteiger partial charge in [0.05, 0.1) is 16.8 Å². The Balaban J connectivity index is 1.30. The highest BCUT2D eigenvalue weighted by Gasteiger charge is 2.54. The van der Waals surface area contributed by atoms with Crippen molar-refractivity contribution < 1.29 is 4.79 Å². The first-order valence-corrected chi connectivity index (χ1v) is 12.2. The highest BCUT2D eigenvalue weighted by molar-refractivity contribution is 7.13. The van der Waals surface area contributed by atoms with Gasteiger partial charge in [0.2, 0.25) is 0 Å². The van der Waals surface area contributed by atoms with Gasteiger partial charge in [-0.15, -0.1) is 11.3 Å². The lowest BCUT2D eigenvalue weighted by atomic mass is 9.47. The molecule has 7 rings (SSSR count). The summed E-state index contributed by atoms with van der Waals surface area (Å²) in [6, 6.07) is 6.30. The molecule has 3 aromatic rings. The number of carbonyl (C=O) groups excluding carboxylic acids is 1. The number of nitrogens with zero attached hydrogens (tertiary/aromatic N) is 3. The van der Waals surface area contributed by atoms with Crippen LogP contribution in [0.4, 0.5) is 0 Å². The van der Waals surface area contributed by atoms with Crippen LogP contribution in [-0.4, -0.2) is 26.5 Å².